The molecule has 0 aromatic heterocycles. The molecule has 0 aliphatic carbocycles. The number of nitrogens with zero attached hydrogens (tertiary/aromatic N) is 1. The number of rotatable bonds is 0. The molecule has 0 atom stereocenters. The molecule has 0 spiro atoms. The molecular formula is C12H11N. The summed E-state index contributed by atoms with van der Waals surface area (Å²) in [4.78, 5) is 2.32. The third-order valence-corrected chi connectivity index (χ3v) is 2.70. The Hall–Kier alpha value is -1.50. The topological polar surface area (TPSA) is 3.24 Å². The van der Waals surface area contributed by atoms with Gasteiger partial charge in [-0.25, -0.2) is 0 Å². The lowest BCUT2D eigenvalue weighted by molar-refractivity contribution is 0.896. The first-order valence-electron chi connectivity index (χ1n) is 4.68. The Kier molecular flexibility index (Phi) is 1.33. The second-order valence-electron chi connectivity index (χ2n) is 3.54. The first kappa shape index (κ1) is 6.96. The fraction of sp³-hybridized carbons (Fsp3) is 0.167. The average Bonchev–Trinajstić information content (AvgIpc) is 2.46. The molecule has 0 saturated heterocycles. The van der Waals surface area contributed by atoms with E-state index in [1.165, 1.54) is 23.2 Å². The number of fused-ring (bicyclic) bond motifs is 1. The molecule has 1 heteroatoms. The van der Waals surface area contributed by atoms with Crippen molar-refractivity contribution in [1.29, 1.82) is 0 Å². The summed E-state index contributed by atoms with van der Waals surface area (Å²) in [5, 5.41) is 0. The molecule has 0 amide bonds. The van der Waals surface area contributed by atoms with Gasteiger partial charge in [0.15, 0.2) is 0 Å². The van der Waals surface area contributed by atoms with Crippen molar-refractivity contribution in [2.45, 2.75) is 6.42 Å². The van der Waals surface area contributed by atoms with Crippen molar-refractivity contribution >= 4 is 11.8 Å². The van der Waals surface area contributed by atoms with Gasteiger partial charge in [0.1, 0.15) is 0 Å². The summed E-state index contributed by atoms with van der Waals surface area (Å²) in [6.07, 6.45) is 7.86. The van der Waals surface area contributed by atoms with Crippen LogP contribution in [0.1, 0.15) is 12.0 Å². The number of allylic oxidation sites excluding steroid dienone is 1. The molecular weight excluding hydrogens is 158 g/mol. The molecule has 3 heterocycles. The van der Waals surface area contributed by atoms with Gasteiger partial charge in [-0.2, -0.15) is 0 Å². The van der Waals surface area contributed by atoms with E-state index in [0.717, 1.165) is 6.54 Å². The Morgan fingerprint density at radius 2 is 2.08 bits per heavy atom. The van der Waals surface area contributed by atoms with E-state index in [2.05, 4.69) is 47.5 Å². The van der Waals surface area contributed by atoms with Gasteiger partial charge in [0, 0.05) is 18.4 Å². The molecule has 1 nitrogen and oxygen atoms in total. The maximum atomic E-state index is 2.32. The van der Waals surface area contributed by atoms with Gasteiger partial charge < -0.3 is 4.90 Å². The summed E-state index contributed by atoms with van der Waals surface area (Å²) >= 11 is 0. The smallest absolute Gasteiger partial charge is 0.0479 e. The minimum absolute atomic E-state index is 1.12. The van der Waals surface area contributed by atoms with E-state index in [0.29, 0.717) is 0 Å². The summed E-state index contributed by atoms with van der Waals surface area (Å²) in [5.74, 6) is 0. The van der Waals surface area contributed by atoms with Crippen LogP contribution in [-0.2, 0) is 0 Å². The van der Waals surface area contributed by atoms with Crippen molar-refractivity contribution in [3.63, 3.8) is 0 Å². The number of hydrogen-bond acceptors (Lipinski definition) is 1. The molecule has 3 aliphatic rings. The largest absolute Gasteiger partial charge is 0.347 e. The van der Waals surface area contributed by atoms with Crippen LogP contribution in [0, 0.1) is 0 Å². The Labute approximate surface area is 78.0 Å². The molecule has 0 N–H and O–H groups in total. The molecule has 13 heavy (non-hydrogen) atoms. The highest BCUT2D eigenvalue weighted by Gasteiger charge is 2.15. The van der Waals surface area contributed by atoms with Crippen LogP contribution >= 0.6 is 0 Å². The highest BCUT2D eigenvalue weighted by Crippen LogP contribution is 2.31. The van der Waals surface area contributed by atoms with Crippen molar-refractivity contribution in [2.24, 2.45) is 0 Å². The fourth-order valence-electron chi connectivity index (χ4n) is 1.99. The van der Waals surface area contributed by atoms with E-state index >= 15 is 0 Å². The number of para-hydroxylation sites is 1. The standard InChI is InChI=1S/C12H11N/c1-2-4-12-11(3-1)9-10-5-7-13(12)8-6-10/h1-5,7,9H,6,8H2. The minimum Gasteiger partial charge on any atom is -0.347 e. The third-order valence-electron chi connectivity index (χ3n) is 2.70. The molecule has 1 aromatic rings. The van der Waals surface area contributed by atoms with Crippen molar-refractivity contribution in [3.8, 4) is 0 Å². The van der Waals surface area contributed by atoms with Crippen LogP contribution in [-0.4, -0.2) is 6.54 Å². The lowest BCUT2D eigenvalue weighted by Crippen LogP contribution is -2.19. The first-order chi connectivity index (χ1) is 6.43. The first-order valence-corrected chi connectivity index (χ1v) is 4.68. The molecule has 3 aliphatic heterocycles. The highest BCUT2D eigenvalue weighted by atomic mass is 15.1. The van der Waals surface area contributed by atoms with Crippen LogP contribution in [0.5, 0.6) is 0 Å². The molecule has 2 bridgehead atoms. The molecule has 1 aromatic carbocycles. The Bertz CT molecular complexity index is 401. The minimum atomic E-state index is 1.12. The number of anilines is 1. The zero-order valence-corrected chi connectivity index (χ0v) is 7.40. The maximum absolute atomic E-state index is 2.32. The van der Waals surface area contributed by atoms with Gasteiger partial charge in [-0.1, -0.05) is 18.2 Å². The third kappa shape index (κ3) is 1.00. The highest BCUT2D eigenvalue weighted by molar-refractivity contribution is 5.74. The lowest BCUT2D eigenvalue weighted by atomic mass is 10.1. The monoisotopic (exact) mass is 169 g/mol. The average molecular weight is 169 g/mol. The van der Waals surface area contributed by atoms with Crippen molar-refractivity contribution in [3.05, 3.63) is 47.7 Å². The van der Waals surface area contributed by atoms with Crippen molar-refractivity contribution < 1.29 is 0 Å². The maximum Gasteiger partial charge on any atom is 0.0479 e. The molecule has 4 rings (SSSR count). The summed E-state index contributed by atoms with van der Waals surface area (Å²) in [7, 11) is 0. The van der Waals surface area contributed by atoms with E-state index in [9.17, 15) is 0 Å². The van der Waals surface area contributed by atoms with Crippen molar-refractivity contribution in [2.75, 3.05) is 11.4 Å². The van der Waals surface area contributed by atoms with E-state index < -0.39 is 0 Å². The molecule has 0 fully saturated rings. The van der Waals surface area contributed by atoms with Gasteiger partial charge in [-0.3, -0.25) is 0 Å². The van der Waals surface area contributed by atoms with Gasteiger partial charge in [-0.15, -0.1) is 0 Å². The summed E-state index contributed by atoms with van der Waals surface area (Å²) < 4.78 is 0. The zero-order chi connectivity index (χ0) is 8.67. The van der Waals surface area contributed by atoms with E-state index in [1.54, 1.807) is 0 Å². The number of hydrogen-bond donors (Lipinski definition) is 0. The van der Waals surface area contributed by atoms with Crippen LogP contribution in [0.25, 0.3) is 6.08 Å². The molecule has 0 saturated carbocycles. The Balaban J connectivity index is 2.27. The van der Waals surface area contributed by atoms with Crippen LogP contribution in [0.3, 0.4) is 0 Å². The van der Waals surface area contributed by atoms with Gasteiger partial charge in [0.25, 0.3) is 0 Å². The van der Waals surface area contributed by atoms with Crippen LogP contribution in [0.2, 0.25) is 0 Å². The van der Waals surface area contributed by atoms with E-state index in [4.69, 9.17) is 0 Å². The predicted molar refractivity (Wildman–Crippen MR) is 55.5 cm³/mol. The lowest BCUT2D eigenvalue weighted by Gasteiger charge is -2.22. The zero-order valence-electron chi connectivity index (χ0n) is 7.40. The molecule has 0 radical (unpaired) electrons. The van der Waals surface area contributed by atoms with Gasteiger partial charge in [0.2, 0.25) is 0 Å². The van der Waals surface area contributed by atoms with E-state index in [1.807, 2.05) is 0 Å². The number of benzene rings is 1. The van der Waals surface area contributed by atoms with Crippen LogP contribution in [0.4, 0.5) is 5.69 Å². The van der Waals surface area contributed by atoms with Gasteiger partial charge in [-0.05, 0) is 35.8 Å². The SMILES string of the molecule is C1=CN2CCC1=Cc1ccccc12. The Morgan fingerprint density at radius 3 is 2.92 bits per heavy atom. The quantitative estimate of drug-likeness (QED) is 0.577. The van der Waals surface area contributed by atoms with Gasteiger partial charge >= 0.3 is 0 Å². The normalized spacial score (nSPS) is 18.2. The van der Waals surface area contributed by atoms with Crippen LogP contribution in [0.15, 0.2) is 42.1 Å². The second kappa shape index (κ2) is 2.49. The predicted octanol–water partition coefficient (Wildman–Crippen LogP) is 2.81. The fourth-order valence-corrected chi connectivity index (χ4v) is 1.99. The van der Waals surface area contributed by atoms with Crippen molar-refractivity contribution in [1.82, 2.24) is 0 Å². The summed E-state index contributed by atoms with van der Waals surface area (Å²) in [6.45, 7) is 1.12. The van der Waals surface area contributed by atoms with Crippen LogP contribution < -0.4 is 4.90 Å². The van der Waals surface area contributed by atoms with Gasteiger partial charge in [0.05, 0.1) is 0 Å². The molecule has 0 unspecified atom stereocenters. The molecule has 64 valence electrons. The second-order valence-corrected chi connectivity index (χ2v) is 3.54. The summed E-state index contributed by atoms with van der Waals surface area (Å²) in [6, 6.07) is 8.57. The summed E-state index contributed by atoms with van der Waals surface area (Å²) in [5.41, 5.74) is 4.13. The van der Waals surface area contributed by atoms with E-state index in [-0.39, 0.29) is 0 Å². The Morgan fingerprint density at radius 1 is 1.15 bits per heavy atom.